The maximum atomic E-state index is 4.32. The highest BCUT2D eigenvalue weighted by Crippen LogP contribution is 2.12. The lowest BCUT2D eigenvalue weighted by atomic mass is 10.0. The van der Waals surface area contributed by atoms with Gasteiger partial charge >= 0.3 is 0 Å². The van der Waals surface area contributed by atoms with Crippen molar-refractivity contribution in [1.82, 2.24) is 30.3 Å². The molecule has 0 atom stereocenters. The molecule has 7 heteroatoms. The van der Waals surface area contributed by atoms with Gasteiger partial charge in [0.15, 0.2) is 11.8 Å². The molecule has 1 fully saturated rings. The Morgan fingerprint density at radius 3 is 2.52 bits per heavy atom. The van der Waals surface area contributed by atoms with Crippen LogP contribution in [0.25, 0.3) is 0 Å². The van der Waals surface area contributed by atoms with Crippen LogP contribution in [0.3, 0.4) is 0 Å². The van der Waals surface area contributed by atoms with Gasteiger partial charge in [-0.05, 0) is 25.7 Å². The number of aryl methyl sites for hydroxylation is 1. The summed E-state index contributed by atoms with van der Waals surface area (Å²) in [7, 11) is 3.79. The van der Waals surface area contributed by atoms with E-state index in [1.165, 1.54) is 6.54 Å². The molecule has 0 saturated carbocycles. The zero-order valence-corrected chi connectivity index (χ0v) is 15.1. The third-order valence-electron chi connectivity index (χ3n) is 4.37. The maximum absolute atomic E-state index is 4.32. The first-order chi connectivity index (χ1) is 11.0. The van der Waals surface area contributed by atoms with Crippen LogP contribution in [0.5, 0.6) is 0 Å². The largest absolute Gasteiger partial charge is 0.354 e. The van der Waals surface area contributed by atoms with E-state index in [0.717, 1.165) is 49.5 Å². The lowest BCUT2D eigenvalue weighted by Crippen LogP contribution is -2.49. The molecule has 23 heavy (non-hydrogen) atoms. The van der Waals surface area contributed by atoms with Crippen molar-refractivity contribution in [2.45, 2.75) is 46.2 Å². The van der Waals surface area contributed by atoms with Gasteiger partial charge in [-0.1, -0.05) is 13.8 Å². The van der Waals surface area contributed by atoms with Crippen LogP contribution in [0.15, 0.2) is 4.99 Å². The van der Waals surface area contributed by atoms with Crippen LogP contribution in [0.2, 0.25) is 0 Å². The Hall–Kier alpha value is -1.63. The van der Waals surface area contributed by atoms with Crippen LogP contribution in [-0.4, -0.2) is 58.3 Å². The third kappa shape index (κ3) is 5.20. The van der Waals surface area contributed by atoms with E-state index in [9.17, 15) is 0 Å². The van der Waals surface area contributed by atoms with Gasteiger partial charge in [-0.25, -0.2) is 0 Å². The maximum Gasteiger partial charge on any atom is 0.191 e. The van der Waals surface area contributed by atoms with Gasteiger partial charge in [0.05, 0.1) is 6.54 Å². The smallest absolute Gasteiger partial charge is 0.191 e. The van der Waals surface area contributed by atoms with E-state index in [1.54, 1.807) is 0 Å². The molecule has 130 valence electrons. The van der Waals surface area contributed by atoms with Crippen LogP contribution in [-0.2, 0) is 13.6 Å². The average molecular weight is 321 g/mol. The Bertz CT molecular complexity index is 512. The summed E-state index contributed by atoms with van der Waals surface area (Å²) >= 11 is 0. The Morgan fingerprint density at radius 2 is 2.00 bits per heavy atom. The molecule has 0 unspecified atom stereocenters. The molecule has 0 aromatic carbocycles. The Morgan fingerprint density at radius 1 is 1.30 bits per heavy atom. The molecule has 0 amide bonds. The molecule has 0 spiro atoms. The summed E-state index contributed by atoms with van der Waals surface area (Å²) < 4.78 is 1.99. The molecular formula is C16H31N7. The molecule has 2 N–H and O–H groups in total. The molecule has 1 aliphatic heterocycles. The summed E-state index contributed by atoms with van der Waals surface area (Å²) in [5.74, 6) is 3.41. The number of nitrogens with one attached hydrogen (secondary N) is 2. The van der Waals surface area contributed by atoms with E-state index in [1.807, 2.05) is 25.6 Å². The van der Waals surface area contributed by atoms with E-state index in [4.69, 9.17) is 0 Å². The first-order valence-electron chi connectivity index (χ1n) is 8.54. The first kappa shape index (κ1) is 17.7. The van der Waals surface area contributed by atoms with Crippen molar-refractivity contribution in [3.63, 3.8) is 0 Å². The fourth-order valence-electron chi connectivity index (χ4n) is 2.93. The fourth-order valence-corrected chi connectivity index (χ4v) is 2.93. The second-order valence-electron chi connectivity index (χ2n) is 6.76. The van der Waals surface area contributed by atoms with Gasteiger partial charge in [-0.3, -0.25) is 4.99 Å². The molecule has 0 radical (unpaired) electrons. The molecule has 1 saturated heterocycles. The molecule has 2 rings (SSSR count). The Labute approximate surface area is 139 Å². The van der Waals surface area contributed by atoms with E-state index in [-0.39, 0.29) is 0 Å². The number of nitrogens with zero attached hydrogens (tertiary/aromatic N) is 5. The highest BCUT2D eigenvalue weighted by Gasteiger charge is 2.20. The van der Waals surface area contributed by atoms with Gasteiger partial charge in [0.2, 0.25) is 0 Å². The predicted octanol–water partition coefficient (Wildman–Crippen LogP) is 0.909. The zero-order chi connectivity index (χ0) is 16.8. The molecule has 2 heterocycles. The normalized spacial score (nSPS) is 17.7. The van der Waals surface area contributed by atoms with Crippen LogP contribution in [0, 0.1) is 12.8 Å². The lowest BCUT2D eigenvalue weighted by molar-refractivity contribution is 0.187. The number of piperidine rings is 1. The summed E-state index contributed by atoms with van der Waals surface area (Å²) in [4.78, 5) is 6.88. The third-order valence-corrected chi connectivity index (χ3v) is 4.37. The summed E-state index contributed by atoms with van der Waals surface area (Å²) in [6.07, 6.45) is 2.33. The Balaban J connectivity index is 1.76. The number of aliphatic imine (C=N–C) groups is 1. The van der Waals surface area contributed by atoms with Crippen molar-refractivity contribution in [1.29, 1.82) is 0 Å². The van der Waals surface area contributed by atoms with E-state index < -0.39 is 0 Å². The number of guanidine groups is 1. The molecule has 0 bridgehead atoms. The van der Waals surface area contributed by atoms with Crippen molar-refractivity contribution in [2.24, 2.45) is 18.0 Å². The van der Waals surface area contributed by atoms with Crippen LogP contribution >= 0.6 is 0 Å². The number of hydrogen-bond donors (Lipinski definition) is 2. The zero-order valence-electron chi connectivity index (χ0n) is 15.1. The highest BCUT2D eigenvalue weighted by molar-refractivity contribution is 5.79. The quantitative estimate of drug-likeness (QED) is 0.623. The van der Waals surface area contributed by atoms with Crippen LogP contribution < -0.4 is 10.6 Å². The van der Waals surface area contributed by atoms with Gasteiger partial charge in [-0.15, -0.1) is 10.2 Å². The minimum Gasteiger partial charge on any atom is -0.354 e. The molecule has 1 aromatic rings. The topological polar surface area (TPSA) is 70.4 Å². The van der Waals surface area contributed by atoms with E-state index in [2.05, 4.69) is 44.6 Å². The number of hydrogen-bond acceptors (Lipinski definition) is 4. The van der Waals surface area contributed by atoms with Gasteiger partial charge < -0.3 is 20.1 Å². The molecule has 1 aromatic heterocycles. The SMILES string of the molecule is CN=C(NCc1nnc(C)n1C)NC1CCN(CC(C)C)CC1. The average Bonchev–Trinajstić information content (AvgIpc) is 2.84. The number of likely N-dealkylation sites (tertiary alicyclic amines) is 1. The number of rotatable bonds is 5. The lowest BCUT2D eigenvalue weighted by Gasteiger charge is -2.33. The highest BCUT2D eigenvalue weighted by atomic mass is 15.3. The summed E-state index contributed by atoms with van der Waals surface area (Å²) in [6.45, 7) is 10.7. The molecule has 0 aliphatic carbocycles. The second-order valence-corrected chi connectivity index (χ2v) is 6.76. The summed E-state index contributed by atoms with van der Waals surface area (Å²) in [5.41, 5.74) is 0. The van der Waals surface area contributed by atoms with Gasteiger partial charge in [0.25, 0.3) is 0 Å². The van der Waals surface area contributed by atoms with Gasteiger partial charge in [-0.2, -0.15) is 0 Å². The predicted molar refractivity (Wildman–Crippen MR) is 93.4 cm³/mol. The second kappa shape index (κ2) is 8.29. The van der Waals surface area contributed by atoms with Crippen LogP contribution in [0.4, 0.5) is 0 Å². The van der Waals surface area contributed by atoms with Gasteiger partial charge in [0, 0.05) is 39.8 Å². The molecule has 1 aliphatic rings. The van der Waals surface area contributed by atoms with Crippen molar-refractivity contribution >= 4 is 5.96 Å². The Kier molecular flexibility index (Phi) is 6.38. The first-order valence-corrected chi connectivity index (χ1v) is 8.54. The van der Waals surface area contributed by atoms with E-state index in [0.29, 0.717) is 12.6 Å². The van der Waals surface area contributed by atoms with E-state index >= 15 is 0 Å². The van der Waals surface area contributed by atoms with Crippen LogP contribution in [0.1, 0.15) is 38.3 Å². The van der Waals surface area contributed by atoms with Crippen molar-refractivity contribution in [2.75, 3.05) is 26.7 Å². The molecular weight excluding hydrogens is 290 g/mol. The fraction of sp³-hybridized carbons (Fsp3) is 0.812. The summed E-state index contributed by atoms with van der Waals surface area (Å²) in [6, 6.07) is 0.492. The minimum absolute atomic E-state index is 0.492. The van der Waals surface area contributed by atoms with Crippen molar-refractivity contribution in [3.8, 4) is 0 Å². The minimum atomic E-state index is 0.492. The van der Waals surface area contributed by atoms with Crippen molar-refractivity contribution < 1.29 is 0 Å². The van der Waals surface area contributed by atoms with Crippen molar-refractivity contribution in [3.05, 3.63) is 11.6 Å². The number of aromatic nitrogens is 3. The van der Waals surface area contributed by atoms with Gasteiger partial charge in [0.1, 0.15) is 5.82 Å². The monoisotopic (exact) mass is 321 g/mol. The summed E-state index contributed by atoms with van der Waals surface area (Å²) in [5, 5.41) is 15.1. The standard InChI is InChI=1S/C16H31N7/c1-12(2)11-23-8-6-14(7-9-23)19-16(17-4)18-10-15-21-20-13(3)22(15)5/h12,14H,6-11H2,1-5H3,(H2,17,18,19). The molecule has 7 nitrogen and oxygen atoms in total.